The first-order valence-electron chi connectivity index (χ1n) is 7.93. The van der Waals surface area contributed by atoms with Crippen LogP contribution >= 0.6 is 12.4 Å². The van der Waals surface area contributed by atoms with Crippen LogP contribution in [0.1, 0.15) is 36.4 Å². The van der Waals surface area contributed by atoms with E-state index in [9.17, 15) is 9.59 Å². The largest absolute Gasteiger partial charge is 0.459 e. The number of furan rings is 1. The number of hydrogen-bond acceptors (Lipinski definition) is 4. The van der Waals surface area contributed by atoms with Gasteiger partial charge in [-0.1, -0.05) is 26.0 Å². The molecule has 25 heavy (non-hydrogen) atoms. The summed E-state index contributed by atoms with van der Waals surface area (Å²) >= 11 is 0. The molecule has 7 heteroatoms. The van der Waals surface area contributed by atoms with Crippen molar-refractivity contribution in [1.29, 1.82) is 0 Å². The predicted octanol–water partition coefficient (Wildman–Crippen LogP) is 2.94. The molecule has 1 aromatic heterocycles. The summed E-state index contributed by atoms with van der Waals surface area (Å²) in [5.41, 5.74) is 7.42. The number of amides is 2. The van der Waals surface area contributed by atoms with Gasteiger partial charge in [-0.2, -0.15) is 0 Å². The summed E-state index contributed by atoms with van der Waals surface area (Å²) in [7, 11) is 0. The van der Waals surface area contributed by atoms with Crippen molar-refractivity contribution < 1.29 is 14.0 Å². The fourth-order valence-corrected chi connectivity index (χ4v) is 2.24. The van der Waals surface area contributed by atoms with Gasteiger partial charge in [0.25, 0.3) is 5.91 Å². The Morgan fingerprint density at radius 3 is 2.40 bits per heavy atom. The highest BCUT2D eigenvalue weighted by Gasteiger charge is 2.14. The van der Waals surface area contributed by atoms with Crippen LogP contribution in [0, 0.1) is 5.92 Å². The number of nitrogens with two attached hydrogens (primary N) is 1. The molecule has 136 valence electrons. The van der Waals surface area contributed by atoms with Gasteiger partial charge in [-0.25, -0.2) is 0 Å². The molecule has 4 N–H and O–H groups in total. The van der Waals surface area contributed by atoms with E-state index in [1.165, 1.54) is 6.26 Å². The average molecular weight is 366 g/mol. The molecular formula is C18H24ClN3O3. The number of rotatable bonds is 7. The van der Waals surface area contributed by atoms with Crippen molar-refractivity contribution in [3.05, 3.63) is 54.0 Å². The molecule has 0 saturated heterocycles. The average Bonchev–Trinajstić information content (AvgIpc) is 3.07. The van der Waals surface area contributed by atoms with Gasteiger partial charge in [0.05, 0.1) is 12.3 Å². The van der Waals surface area contributed by atoms with E-state index in [0.29, 0.717) is 24.6 Å². The fraction of sp³-hybridized carbons (Fsp3) is 0.333. The molecule has 2 amide bonds. The third kappa shape index (κ3) is 6.60. The molecule has 0 spiro atoms. The number of carbonyl (C=O) groups is 2. The van der Waals surface area contributed by atoms with Gasteiger partial charge in [-0.05, 0) is 42.2 Å². The van der Waals surface area contributed by atoms with Crippen LogP contribution in [0.5, 0.6) is 0 Å². The van der Waals surface area contributed by atoms with E-state index in [0.717, 1.165) is 5.56 Å². The standard InChI is InChI=1S/C18H23N3O3.ClH/c1-12(2)10-15(19)17(22)20-11-13-5-7-14(8-6-13)21-18(23)16-4-3-9-24-16;/h3-9,12,15H,10-11,19H2,1-2H3,(H,20,22)(H,21,23);1H/t15-;/m0./s1. The zero-order valence-corrected chi connectivity index (χ0v) is 15.1. The highest BCUT2D eigenvalue weighted by Crippen LogP contribution is 2.12. The Bertz CT molecular complexity index is 669. The molecule has 6 nitrogen and oxygen atoms in total. The maximum Gasteiger partial charge on any atom is 0.291 e. The molecule has 0 radical (unpaired) electrons. The Balaban J connectivity index is 0.00000312. The van der Waals surface area contributed by atoms with Crippen molar-refractivity contribution in [2.75, 3.05) is 5.32 Å². The lowest BCUT2D eigenvalue weighted by atomic mass is 10.0. The SMILES string of the molecule is CC(C)C[C@H](N)C(=O)NCc1ccc(NC(=O)c2ccco2)cc1.Cl. The van der Waals surface area contributed by atoms with E-state index in [4.69, 9.17) is 10.2 Å². The van der Waals surface area contributed by atoms with Gasteiger partial charge in [-0.15, -0.1) is 12.4 Å². The molecule has 0 fully saturated rings. The quantitative estimate of drug-likeness (QED) is 0.702. The van der Waals surface area contributed by atoms with Crippen molar-refractivity contribution in [3.63, 3.8) is 0 Å². The van der Waals surface area contributed by atoms with Crippen LogP contribution in [0.4, 0.5) is 5.69 Å². The number of carbonyl (C=O) groups excluding carboxylic acids is 2. The van der Waals surface area contributed by atoms with Crippen molar-refractivity contribution in [2.24, 2.45) is 11.7 Å². The monoisotopic (exact) mass is 365 g/mol. The van der Waals surface area contributed by atoms with Gasteiger partial charge < -0.3 is 20.8 Å². The smallest absolute Gasteiger partial charge is 0.291 e. The van der Waals surface area contributed by atoms with Gasteiger partial charge >= 0.3 is 0 Å². The summed E-state index contributed by atoms with van der Waals surface area (Å²) in [4.78, 5) is 23.8. The van der Waals surface area contributed by atoms with Crippen molar-refractivity contribution in [2.45, 2.75) is 32.9 Å². The minimum Gasteiger partial charge on any atom is -0.459 e. The normalized spacial score (nSPS) is 11.5. The number of hydrogen-bond donors (Lipinski definition) is 3. The molecule has 1 heterocycles. The van der Waals surface area contributed by atoms with Crippen LogP contribution in [0.3, 0.4) is 0 Å². The Labute approximate surface area is 153 Å². The lowest BCUT2D eigenvalue weighted by Gasteiger charge is -2.14. The molecule has 1 atom stereocenters. The molecule has 0 aliphatic carbocycles. The summed E-state index contributed by atoms with van der Waals surface area (Å²) in [5.74, 6) is 0.174. The zero-order valence-electron chi connectivity index (χ0n) is 14.3. The molecule has 0 bridgehead atoms. The molecule has 2 rings (SSSR count). The molecule has 1 aromatic carbocycles. The molecule has 0 saturated carbocycles. The lowest BCUT2D eigenvalue weighted by molar-refractivity contribution is -0.122. The van der Waals surface area contributed by atoms with E-state index >= 15 is 0 Å². The van der Waals surface area contributed by atoms with Crippen LogP contribution in [0.2, 0.25) is 0 Å². The van der Waals surface area contributed by atoms with Gasteiger partial charge in [0.15, 0.2) is 5.76 Å². The maximum absolute atomic E-state index is 11.9. The fourth-order valence-electron chi connectivity index (χ4n) is 2.24. The minimum atomic E-state index is -0.489. The first kappa shape index (κ1) is 20.7. The Hall–Kier alpha value is -2.31. The maximum atomic E-state index is 11.9. The zero-order chi connectivity index (χ0) is 17.5. The first-order valence-corrected chi connectivity index (χ1v) is 7.93. The van der Waals surface area contributed by atoms with Gasteiger partial charge in [0.1, 0.15) is 0 Å². The van der Waals surface area contributed by atoms with Crippen LogP contribution in [0.25, 0.3) is 0 Å². The van der Waals surface area contributed by atoms with Crippen molar-refractivity contribution in [1.82, 2.24) is 5.32 Å². The summed E-state index contributed by atoms with van der Waals surface area (Å²) in [6.45, 7) is 4.46. The molecule has 0 unspecified atom stereocenters. The van der Waals surface area contributed by atoms with Crippen LogP contribution in [-0.2, 0) is 11.3 Å². The van der Waals surface area contributed by atoms with E-state index < -0.39 is 6.04 Å². The highest BCUT2D eigenvalue weighted by molar-refractivity contribution is 6.02. The van der Waals surface area contributed by atoms with E-state index in [-0.39, 0.29) is 30.0 Å². The summed E-state index contributed by atoms with van der Waals surface area (Å²) in [5, 5.41) is 5.56. The molecular weight excluding hydrogens is 342 g/mol. The second kappa shape index (κ2) is 9.86. The number of nitrogens with one attached hydrogen (secondary N) is 2. The minimum absolute atomic E-state index is 0. The van der Waals surface area contributed by atoms with Crippen LogP contribution < -0.4 is 16.4 Å². The van der Waals surface area contributed by atoms with Crippen molar-refractivity contribution >= 4 is 29.9 Å². The Kier molecular flexibility index (Phi) is 8.18. The highest BCUT2D eigenvalue weighted by atomic mass is 35.5. The topological polar surface area (TPSA) is 97.4 Å². The lowest BCUT2D eigenvalue weighted by Crippen LogP contribution is -2.41. The Morgan fingerprint density at radius 2 is 1.84 bits per heavy atom. The number of halogens is 1. The van der Waals surface area contributed by atoms with Crippen LogP contribution in [-0.4, -0.2) is 17.9 Å². The van der Waals surface area contributed by atoms with Crippen molar-refractivity contribution in [3.8, 4) is 0 Å². The van der Waals surface area contributed by atoms with Crippen LogP contribution in [0.15, 0.2) is 47.1 Å². The number of benzene rings is 1. The third-order valence-electron chi connectivity index (χ3n) is 3.49. The summed E-state index contributed by atoms with van der Waals surface area (Å²) in [6, 6.07) is 9.99. The predicted molar refractivity (Wildman–Crippen MR) is 99.6 cm³/mol. The second-order valence-electron chi connectivity index (χ2n) is 6.08. The molecule has 0 aliphatic rings. The van der Waals surface area contributed by atoms with E-state index in [2.05, 4.69) is 10.6 Å². The van der Waals surface area contributed by atoms with Gasteiger partial charge in [-0.3, -0.25) is 9.59 Å². The second-order valence-corrected chi connectivity index (χ2v) is 6.08. The van der Waals surface area contributed by atoms with Gasteiger partial charge in [0, 0.05) is 12.2 Å². The van der Waals surface area contributed by atoms with Gasteiger partial charge in [0.2, 0.25) is 5.91 Å². The molecule has 2 aromatic rings. The number of anilines is 1. The summed E-state index contributed by atoms with van der Waals surface area (Å²) in [6.07, 6.45) is 2.11. The van der Waals surface area contributed by atoms with E-state index in [1.54, 1.807) is 24.3 Å². The Morgan fingerprint density at radius 1 is 1.16 bits per heavy atom. The third-order valence-corrected chi connectivity index (χ3v) is 3.49. The van der Waals surface area contributed by atoms with E-state index in [1.807, 2.05) is 26.0 Å². The summed E-state index contributed by atoms with van der Waals surface area (Å²) < 4.78 is 5.03. The molecule has 0 aliphatic heterocycles. The first-order chi connectivity index (χ1) is 11.5.